The van der Waals surface area contributed by atoms with E-state index in [-0.39, 0.29) is 24.4 Å². The first-order valence-corrected chi connectivity index (χ1v) is 5.75. The van der Waals surface area contributed by atoms with Gasteiger partial charge in [-0.1, -0.05) is 0 Å². The summed E-state index contributed by atoms with van der Waals surface area (Å²) in [7, 11) is 0. The van der Waals surface area contributed by atoms with Gasteiger partial charge in [0.05, 0.1) is 6.10 Å². The third-order valence-corrected chi connectivity index (χ3v) is 2.42. The lowest BCUT2D eigenvalue weighted by Crippen LogP contribution is -2.20. The number of ether oxygens (including phenoxy) is 1. The first kappa shape index (κ1) is 12.8. The van der Waals surface area contributed by atoms with Crippen LogP contribution in [0.3, 0.4) is 0 Å². The molecule has 1 heterocycles. The molecule has 1 rings (SSSR count). The Balaban J connectivity index is 2.46. The predicted octanol–water partition coefficient (Wildman–Crippen LogP) is 1.71. The highest BCUT2D eigenvalue weighted by molar-refractivity contribution is 7.14. The third kappa shape index (κ3) is 4.08. The molecule has 1 aromatic heterocycles. The van der Waals surface area contributed by atoms with Gasteiger partial charge in [0, 0.05) is 12.3 Å². The van der Waals surface area contributed by atoms with Crippen molar-refractivity contribution in [1.82, 2.24) is 4.98 Å². The zero-order valence-corrected chi connectivity index (χ0v) is 10.3. The maximum atomic E-state index is 11.3. The minimum Gasteiger partial charge on any atom is -0.369 e. The van der Waals surface area contributed by atoms with Crippen molar-refractivity contribution in [3.8, 4) is 0 Å². The Morgan fingerprint density at radius 1 is 1.56 bits per heavy atom. The van der Waals surface area contributed by atoms with Crippen LogP contribution in [0.1, 0.15) is 31.3 Å². The normalized spacial score (nSPS) is 10.5. The van der Waals surface area contributed by atoms with Crippen molar-refractivity contribution < 1.29 is 14.3 Å². The molecule has 0 aliphatic heterocycles. The number of thiazole rings is 1. The molecular weight excluding hydrogens is 228 g/mol. The lowest BCUT2D eigenvalue weighted by Gasteiger charge is -2.06. The minimum atomic E-state index is -0.266. The number of nitrogens with one attached hydrogen (secondary N) is 1. The summed E-state index contributed by atoms with van der Waals surface area (Å²) in [5.74, 6) is -0.381. The third-order valence-electron chi connectivity index (χ3n) is 1.66. The maximum Gasteiger partial charge on any atom is 0.252 e. The Hall–Kier alpha value is -1.27. The van der Waals surface area contributed by atoms with E-state index in [0.717, 1.165) is 0 Å². The average molecular weight is 242 g/mol. The highest BCUT2D eigenvalue weighted by atomic mass is 32.1. The number of carbonyl (C=O) groups is 2. The number of ketones is 1. The van der Waals surface area contributed by atoms with Crippen LogP contribution in [0.15, 0.2) is 5.38 Å². The van der Waals surface area contributed by atoms with E-state index in [1.807, 2.05) is 13.8 Å². The van der Waals surface area contributed by atoms with Gasteiger partial charge >= 0.3 is 0 Å². The van der Waals surface area contributed by atoms with Crippen LogP contribution in [0, 0.1) is 0 Å². The van der Waals surface area contributed by atoms with E-state index in [4.69, 9.17) is 4.74 Å². The molecule has 0 bridgehead atoms. The number of carbonyl (C=O) groups excluding carboxylic acids is 2. The Bertz CT molecular complexity index is 387. The van der Waals surface area contributed by atoms with Crippen LogP contribution >= 0.6 is 11.3 Å². The summed E-state index contributed by atoms with van der Waals surface area (Å²) in [6.07, 6.45) is 0.00910. The van der Waals surface area contributed by atoms with E-state index in [0.29, 0.717) is 10.8 Å². The lowest BCUT2D eigenvalue weighted by molar-refractivity contribution is -0.121. The summed E-state index contributed by atoms with van der Waals surface area (Å²) in [4.78, 5) is 26.3. The van der Waals surface area contributed by atoms with Crippen LogP contribution in [0.5, 0.6) is 0 Å². The molecule has 1 amide bonds. The number of Topliss-reactive ketones (excluding diaryl/α,β-unsaturated/α-hetero) is 1. The quantitative estimate of drug-likeness (QED) is 0.798. The van der Waals surface area contributed by atoms with Crippen molar-refractivity contribution in [1.29, 1.82) is 0 Å². The molecule has 0 unspecified atom stereocenters. The molecule has 0 saturated heterocycles. The molecule has 6 heteroatoms. The van der Waals surface area contributed by atoms with Crippen molar-refractivity contribution in [3.05, 3.63) is 11.1 Å². The summed E-state index contributed by atoms with van der Waals surface area (Å²) < 4.78 is 5.13. The molecule has 0 aliphatic carbocycles. The highest BCUT2D eigenvalue weighted by Crippen LogP contribution is 2.15. The van der Waals surface area contributed by atoms with Crippen LogP contribution in [0.25, 0.3) is 0 Å². The van der Waals surface area contributed by atoms with Crippen LogP contribution in [0.4, 0.5) is 5.13 Å². The molecule has 1 aromatic rings. The summed E-state index contributed by atoms with van der Waals surface area (Å²) >= 11 is 1.22. The van der Waals surface area contributed by atoms with Gasteiger partial charge in [-0.15, -0.1) is 11.3 Å². The Kier molecular flexibility index (Phi) is 4.57. The second-order valence-electron chi connectivity index (χ2n) is 3.50. The van der Waals surface area contributed by atoms with Crippen LogP contribution in [0.2, 0.25) is 0 Å². The topological polar surface area (TPSA) is 68.3 Å². The molecule has 16 heavy (non-hydrogen) atoms. The van der Waals surface area contributed by atoms with Crippen molar-refractivity contribution in [3.63, 3.8) is 0 Å². The van der Waals surface area contributed by atoms with Gasteiger partial charge in [0.1, 0.15) is 12.3 Å². The minimum absolute atomic E-state index is 0.00729. The van der Waals surface area contributed by atoms with E-state index in [2.05, 4.69) is 10.3 Å². The second kappa shape index (κ2) is 5.72. The number of rotatable bonds is 5. The average Bonchev–Trinajstić information content (AvgIpc) is 2.63. The van der Waals surface area contributed by atoms with Crippen LogP contribution < -0.4 is 5.32 Å². The van der Waals surface area contributed by atoms with Crippen molar-refractivity contribution in [2.24, 2.45) is 0 Å². The lowest BCUT2D eigenvalue weighted by atomic mass is 10.4. The van der Waals surface area contributed by atoms with E-state index in [1.54, 1.807) is 5.38 Å². The molecular formula is C10H14N2O3S. The molecule has 0 radical (unpaired) electrons. The molecule has 1 N–H and O–H groups in total. The monoisotopic (exact) mass is 242 g/mol. The van der Waals surface area contributed by atoms with Gasteiger partial charge in [0.2, 0.25) is 0 Å². The smallest absolute Gasteiger partial charge is 0.252 e. The number of hydrogen-bond donors (Lipinski definition) is 1. The molecule has 0 saturated carbocycles. The van der Waals surface area contributed by atoms with E-state index in [9.17, 15) is 9.59 Å². The molecule has 5 nitrogen and oxygen atoms in total. The van der Waals surface area contributed by atoms with Crippen molar-refractivity contribution >= 4 is 28.2 Å². The Morgan fingerprint density at radius 2 is 2.25 bits per heavy atom. The summed E-state index contributed by atoms with van der Waals surface area (Å²) in [5, 5.41) is 4.60. The Labute approximate surface area is 97.8 Å². The fourth-order valence-electron chi connectivity index (χ4n) is 0.891. The van der Waals surface area contributed by atoms with Gasteiger partial charge in [0.25, 0.3) is 5.91 Å². The van der Waals surface area contributed by atoms with Crippen LogP contribution in [-0.2, 0) is 9.53 Å². The van der Waals surface area contributed by atoms with E-state index in [1.165, 1.54) is 18.3 Å². The molecule has 0 fully saturated rings. The molecule has 0 aliphatic rings. The predicted molar refractivity (Wildman–Crippen MR) is 61.8 cm³/mol. The summed E-state index contributed by atoms with van der Waals surface area (Å²) in [5.41, 5.74) is 0.366. The SMILES string of the molecule is CC(=O)c1csc(NC(=O)COC(C)C)n1. The van der Waals surface area contributed by atoms with Gasteiger partial charge in [-0.25, -0.2) is 4.98 Å². The fourth-order valence-corrected chi connectivity index (χ4v) is 1.66. The number of aromatic nitrogens is 1. The molecule has 0 aromatic carbocycles. The number of nitrogens with zero attached hydrogens (tertiary/aromatic N) is 1. The first-order valence-electron chi connectivity index (χ1n) is 4.87. The van der Waals surface area contributed by atoms with Gasteiger partial charge < -0.3 is 4.74 Å². The van der Waals surface area contributed by atoms with Gasteiger partial charge in [0.15, 0.2) is 10.9 Å². The Morgan fingerprint density at radius 3 is 2.75 bits per heavy atom. The zero-order chi connectivity index (χ0) is 12.1. The highest BCUT2D eigenvalue weighted by Gasteiger charge is 2.09. The molecule has 88 valence electrons. The number of amides is 1. The number of anilines is 1. The summed E-state index contributed by atoms with van der Waals surface area (Å²) in [6.45, 7) is 5.13. The van der Waals surface area contributed by atoms with E-state index >= 15 is 0 Å². The second-order valence-corrected chi connectivity index (χ2v) is 4.36. The zero-order valence-electron chi connectivity index (χ0n) is 9.44. The van der Waals surface area contributed by atoms with Crippen molar-refractivity contribution in [2.45, 2.75) is 26.9 Å². The van der Waals surface area contributed by atoms with Gasteiger partial charge in [-0.3, -0.25) is 14.9 Å². The van der Waals surface area contributed by atoms with Crippen LogP contribution in [-0.4, -0.2) is 29.4 Å². The maximum absolute atomic E-state index is 11.3. The standard InChI is InChI=1S/C10H14N2O3S/c1-6(2)15-4-9(14)12-10-11-8(5-16-10)7(3)13/h5-6H,4H2,1-3H3,(H,11,12,14). The largest absolute Gasteiger partial charge is 0.369 e. The molecule has 0 atom stereocenters. The van der Waals surface area contributed by atoms with E-state index < -0.39 is 0 Å². The van der Waals surface area contributed by atoms with Crippen molar-refractivity contribution in [2.75, 3.05) is 11.9 Å². The first-order chi connectivity index (χ1) is 7.49. The number of hydrogen-bond acceptors (Lipinski definition) is 5. The fraction of sp³-hybridized carbons (Fsp3) is 0.500. The summed E-state index contributed by atoms with van der Waals surface area (Å²) in [6, 6.07) is 0. The van der Waals surface area contributed by atoms with Gasteiger partial charge in [-0.05, 0) is 13.8 Å². The van der Waals surface area contributed by atoms with Gasteiger partial charge in [-0.2, -0.15) is 0 Å². The molecule has 0 spiro atoms.